The van der Waals surface area contributed by atoms with Crippen molar-refractivity contribution in [3.05, 3.63) is 59.3 Å². The first-order valence-electron chi connectivity index (χ1n) is 8.23. The van der Waals surface area contributed by atoms with Crippen molar-refractivity contribution in [1.82, 2.24) is 4.98 Å². The molecule has 0 bridgehead atoms. The zero-order chi connectivity index (χ0) is 17.3. The average molecular weight is 340 g/mol. The van der Waals surface area contributed by atoms with Crippen LogP contribution in [0, 0.1) is 13.8 Å². The number of hydrogen-bond donors (Lipinski definition) is 2. The molecule has 3 rings (SSSR count). The van der Waals surface area contributed by atoms with Crippen molar-refractivity contribution in [2.45, 2.75) is 38.5 Å². The molecule has 0 saturated heterocycles. The Hall–Kier alpha value is -2.20. The highest BCUT2D eigenvalue weighted by atomic mass is 32.2. The Bertz CT molecular complexity index is 967. The van der Waals surface area contributed by atoms with Gasteiger partial charge in [-0.1, -0.05) is 25.5 Å². The molecule has 1 atom stereocenters. The first-order chi connectivity index (χ1) is 11.4. The van der Waals surface area contributed by atoms with Crippen LogP contribution in [0.2, 0.25) is 0 Å². The van der Waals surface area contributed by atoms with Crippen molar-refractivity contribution in [3.63, 3.8) is 0 Å². The molecular weight excluding hydrogens is 316 g/mol. The molecule has 1 unspecified atom stereocenters. The first kappa shape index (κ1) is 16.7. The number of aromatic amines is 1. The highest BCUT2D eigenvalue weighted by molar-refractivity contribution is 8.01. The van der Waals surface area contributed by atoms with Gasteiger partial charge in [0.1, 0.15) is 0 Å². The Kier molecular flexibility index (Phi) is 4.41. The minimum absolute atomic E-state index is 0.726. The van der Waals surface area contributed by atoms with Gasteiger partial charge in [-0.15, -0.1) is 0 Å². The van der Waals surface area contributed by atoms with E-state index in [1.165, 1.54) is 11.1 Å². The fourth-order valence-electron chi connectivity index (χ4n) is 2.94. The number of rotatable bonds is 5. The van der Waals surface area contributed by atoms with Crippen LogP contribution in [0.5, 0.6) is 0 Å². The zero-order valence-electron chi connectivity index (χ0n) is 14.5. The van der Waals surface area contributed by atoms with Gasteiger partial charge in [-0.25, -0.2) is 4.21 Å². The highest BCUT2D eigenvalue weighted by Crippen LogP contribution is 2.26. The number of nitrogens with one attached hydrogen (secondary N) is 2. The van der Waals surface area contributed by atoms with Crippen molar-refractivity contribution in [2.75, 3.05) is 4.72 Å². The van der Waals surface area contributed by atoms with Crippen molar-refractivity contribution in [1.29, 1.82) is 0 Å². The predicted molar refractivity (Wildman–Crippen MR) is 105 cm³/mol. The van der Waals surface area contributed by atoms with E-state index in [0.717, 1.165) is 40.0 Å². The summed E-state index contributed by atoms with van der Waals surface area (Å²) in [7, 11) is -2.58. The van der Waals surface area contributed by atoms with E-state index in [1.807, 2.05) is 42.5 Å². The second-order valence-electron chi connectivity index (χ2n) is 6.31. The molecule has 2 aromatic carbocycles. The summed E-state index contributed by atoms with van der Waals surface area (Å²) in [6, 6.07) is 13.9. The Labute approximate surface area is 144 Å². The van der Waals surface area contributed by atoms with E-state index in [2.05, 4.69) is 36.3 Å². The number of hydrogen-bond acceptors (Lipinski definition) is 1. The molecule has 3 aromatic rings. The summed E-state index contributed by atoms with van der Waals surface area (Å²) in [5.74, 6) is 3.93. The topological polar surface area (TPSA) is 44.9 Å². The van der Waals surface area contributed by atoms with Gasteiger partial charge in [0, 0.05) is 27.2 Å². The predicted octanol–water partition coefficient (Wildman–Crippen LogP) is 4.84. The van der Waals surface area contributed by atoms with Crippen molar-refractivity contribution < 1.29 is 4.21 Å². The van der Waals surface area contributed by atoms with Crippen molar-refractivity contribution in [2.24, 2.45) is 0 Å². The maximum absolute atomic E-state index is 13.0. The van der Waals surface area contributed by atoms with Gasteiger partial charge in [0.15, 0.2) is 0 Å². The molecule has 0 saturated carbocycles. The molecule has 0 fully saturated rings. The molecular formula is C20H24N2OS. The van der Waals surface area contributed by atoms with E-state index in [4.69, 9.17) is 0 Å². The molecule has 24 heavy (non-hydrogen) atoms. The van der Waals surface area contributed by atoms with Crippen molar-refractivity contribution in [3.8, 4) is 0 Å². The summed E-state index contributed by atoms with van der Waals surface area (Å²) < 4.78 is 16.1. The molecule has 126 valence electrons. The summed E-state index contributed by atoms with van der Waals surface area (Å²) in [6.45, 7) is 6.30. The number of aryl methyl sites for hydroxylation is 3. The Balaban J connectivity index is 1.89. The van der Waals surface area contributed by atoms with Crippen LogP contribution >= 0.6 is 0 Å². The van der Waals surface area contributed by atoms with Gasteiger partial charge < -0.3 is 9.71 Å². The monoisotopic (exact) mass is 340 g/mol. The second-order valence-corrected chi connectivity index (χ2v) is 8.33. The maximum Gasteiger partial charge on any atom is 0.0738 e. The van der Waals surface area contributed by atoms with Crippen LogP contribution in [0.1, 0.15) is 30.2 Å². The highest BCUT2D eigenvalue weighted by Gasteiger charge is 2.10. The van der Waals surface area contributed by atoms with Crippen LogP contribution < -0.4 is 4.72 Å². The Morgan fingerprint density at radius 1 is 1.12 bits per heavy atom. The van der Waals surface area contributed by atoms with Gasteiger partial charge in [-0.3, -0.25) is 0 Å². The third-order valence-corrected chi connectivity index (χ3v) is 6.03. The van der Waals surface area contributed by atoms with Gasteiger partial charge in [-0.05, 0) is 67.6 Å². The number of H-pyrrole nitrogens is 1. The van der Waals surface area contributed by atoms with Crippen LogP contribution in [0.25, 0.3) is 10.9 Å². The van der Waals surface area contributed by atoms with Crippen LogP contribution in [-0.2, 0) is 16.1 Å². The zero-order valence-corrected chi connectivity index (χ0v) is 15.3. The Morgan fingerprint density at radius 3 is 2.50 bits per heavy atom. The molecule has 2 N–H and O–H groups in total. The Morgan fingerprint density at radius 2 is 1.83 bits per heavy atom. The van der Waals surface area contributed by atoms with E-state index in [0.29, 0.717) is 0 Å². The molecule has 0 spiro atoms. The fraction of sp³-hybridized carbons (Fsp3) is 0.250. The summed E-state index contributed by atoms with van der Waals surface area (Å²) in [5, 5.41) is 1.14. The first-order valence-corrected chi connectivity index (χ1v) is 9.96. The lowest BCUT2D eigenvalue weighted by atomic mass is 10.1. The lowest BCUT2D eigenvalue weighted by Gasteiger charge is -2.14. The van der Waals surface area contributed by atoms with Gasteiger partial charge in [-0.2, -0.15) is 0 Å². The fourth-order valence-corrected chi connectivity index (χ4v) is 4.14. The SMILES string of the molecule is C=S(=O)(Nc1ccc2[nH]c(C)c(C)c2c1)c1ccc(CCC)cc1. The van der Waals surface area contributed by atoms with Crippen LogP contribution in [0.4, 0.5) is 5.69 Å². The summed E-state index contributed by atoms with van der Waals surface area (Å²) >= 11 is 0. The summed E-state index contributed by atoms with van der Waals surface area (Å²) in [5.41, 5.74) is 5.55. The average Bonchev–Trinajstić information content (AvgIpc) is 2.83. The van der Waals surface area contributed by atoms with E-state index < -0.39 is 9.71 Å². The number of aromatic nitrogens is 1. The largest absolute Gasteiger partial charge is 0.358 e. The lowest BCUT2D eigenvalue weighted by Crippen LogP contribution is -2.12. The van der Waals surface area contributed by atoms with E-state index >= 15 is 0 Å². The summed E-state index contributed by atoms with van der Waals surface area (Å²) in [4.78, 5) is 4.08. The van der Waals surface area contributed by atoms with Gasteiger partial charge >= 0.3 is 0 Å². The van der Waals surface area contributed by atoms with Gasteiger partial charge in [0.05, 0.1) is 9.71 Å². The molecule has 0 radical (unpaired) electrons. The molecule has 1 aromatic heterocycles. The molecule has 0 amide bonds. The molecule has 0 aliphatic carbocycles. The maximum atomic E-state index is 13.0. The summed E-state index contributed by atoms with van der Waals surface area (Å²) in [6.07, 6.45) is 2.14. The van der Waals surface area contributed by atoms with Gasteiger partial charge in [0.2, 0.25) is 0 Å². The van der Waals surface area contributed by atoms with Crippen LogP contribution in [0.3, 0.4) is 0 Å². The van der Waals surface area contributed by atoms with Crippen LogP contribution in [-0.4, -0.2) is 15.1 Å². The molecule has 1 heterocycles. The third kappa shape index (κ3) is 3.20. The normalized spacial score (nSPS) is 13.8. The quantitative estimate of drug-likeness (QED) is 0.641. The minimum atomic E-state index is -2.58. The molecule has 0 aliphatic heterocycles. The number of anilines is 1. The second kappa shape index (κ2) is 6.36. The van der Waals surface area contributed by atoms with E-state index in [1.54, 1.807) is 0 Å². The molecule has 3 nitrogen and oxygen atoms in total. The number of fused-ring (bicyclic) bond motifs is 1. The smallest absolute Gasteiger partial charge is 0.0738 e. The lowest BCUT2D eigenvalue weighted by molar-refractivity contribution is 0.684. The molecule has 0 aliphatic rings. The molecule has 4 heteroatoms. The van der Waals surface area contributed by atoms with E-state index in [-0.39, 0.29) is 0 Å². The van der Waals surface area contributed by atoms with E-state index in [9.17, 15) is 4.21 Å². The third-order valence-electron chi connectivity index (χ3n) is 4.43. The number of benzene rings is 2. The van der Waals surface area contributed by atoms with Crippen LogP contribution in [0.15, 0.2) is 47.4 Å². The van der Waals surface area contributed by atoms with Gasteiger partial charge in [0.25, 0.3) is 0 Å². The minimum Gasteiger partial charge on any atom is -0.358 e. The van der Waals surface area contributed by atoms with Crippen molar-refractivity contribution >= 4 is 32.2 Å². The standard InChI is InChI=1S/C20H24N2OS/c1-5-6-16-7-10-18(11-8-16)24(4,23)22-17-9-12-20-19(13-17)14(2)15(3)21-20/h7-13,21H,4-6H2,1-3H3,(H,22,23).